The number of aryl methyl sites for hydroxylation is 3. The topological polar surface area (TPSA) is 66.5 Å². The second-order valence-corrected chi connectivity index (χ2v) is 9.75. The first-order valence-corrected chi connectivity index (χ1v) is 11.4. The van der Waals surface area contributed by atoms with Crippen molar-refractivity contribution >= 4 is 21.6 Å². The van der Waals surface area contributed by atoms with E-state index in [4.69, 9.17) is 0 Å². The zero-order valence-electron chi connectivity index (χ0n) is 17.0. The molecule has 0 radical (unpaired) electrons. The first-order chi connectivity index (χ1) is 13.7. The lowest BCUT2D eigenvalue weighted by molar-refractivity contribution is -0.120. The van der Waals surface area contributed by atoms with Gasteiger partial charge in [0.2, 0.25) is 15.9 Å². The number of piperidine rings is 1. The maximum atomic E-state index is 13.8. The van der Waals surface area contributed by atoms with Gasteiger partial charge in [0.15, 0.2) is 0 Å². The summed E-state index contributed by atoms with van der Waals surface area (Å²) in [5, 5.41) is 3.02. The van der Waals surface area contributed by atoms with Crippen LogP contribution in [0.25, 0.3) is 0 Å². The van der Waals surface area contributed by atoms with Crippen molar-refractivity contribution in [3.05, 3.63) is 64.5 Å². The number of nitrogens with one attached hydrogen (secondary N) is 1. The van der Waals surface area contributed by atoms with Crippen LogP contribution in [0, 0.1) is 32.5 Å². The molecule has 1 aliphatic rings. The van der Waals surface area contributed by atoms with Crippen LogP contribution in [0.4, 0.5) is 10.1 Å². The summed E-state index contributed by atoms with van der Waals surface area (Å²) in [4.78, 5) is 12.7. The van der Waals surface area contributed by atoms with Crippen LogP contribution >= 0.6 is 0 Å². The molecular weight excluding hydrogens is 391 g/mol. The summed E-state index contributed by atoms with van der Waals surface area (Å²) in [6.45, 7) is 6.48. The highest BCUT2D eigenvalue weighted by atomic mass is 32.2. The molecule has 1 fully saturated rings. The average Bonchev–Trinajstić information content (AvgIpc) is 2.66. The van der Waals surface area contributed by atoms with Gasteiger partial charge in [-0.3, -0.25) is 4.79 Å². The van der Waals surface area contributed by atoms with E-state index >= 15 is 0 Å². The Balaban J connectivity index is 1.61. The number of amides is 1. The number of rotatable bonds is 5. The first kappa shape index (κ1) is 21.5. The van der Waals surface area contributed by atoms with Crippen molar-refractivity contribution in [1.82, 2.24) is 4.31 Å². The maximum absolute atomic E-state index is 13.8. The second-order valence-electron chi connectivity index (χ2n) is 7.78. The van der Waals surface area contributed by atoms with Crippen molar-refractivity contribution < 1.29 is 17.6 Å². The number of anilines is 1. The van der Waals surface area contributed by atoms with E-state index in [1.807, 2.05) is 32.9 Å². The van der Waals surface area contributed by atoms with Crippen LogP contribution in [0.2, 0.25) is 0 Å². The predicted octanol–water partition coefficient (Wildman–Crippen LogP) is 3.93. The molecule has 1 amide bonds. The van der Waals surface area contributed by atoms with Crippen molar-refractivity contribution in [2.45, 2.75) is 39.4 Å². The Kier molecular flexibility index (Phi) is 6.39. The molecule has 5 nitrogen and oxygen atoms in total. The molecule has 156 valence electrons. The minimum atomic E-state index is -3.62. The third-order valence-corrected chi connectivity index (χ3v) is 7.27. The molecular formula is C22H27FN2O3S. The van der Waals surface area contributed by atoms with Gasteiger partial charge in [-0.15, -0.1) is 0 Å². The number of benzene rings is 2. The van der Waals surface area contributed by atoms with Gasteiger partial charge in [0, 0.05) is 30.3 Å². The van der Waals surface area contributed by atoms with Crippen molar-refractivity contribution in [2.75, 3.05) is 18.4 Å². The number of hydrogen-bond donors (Lipinski definition) is 1. The molecule has 0 atom stereocenters. The fraction of sp³-hybridized carbons (Fsp3) is 0.409. The van der Waals surface area contributed by atoms with Crippen LogP contribution in [0.3, 0.4) is 0 Å². The fourth-order valence-corrected chi connectivity index (χ4v) is 5.48. The molecule has 0 unspecified atom stereocenters. The molecule has 1 saturated heterocycles. The van der Waals surface area contributed by atoms with Crippen molar-refractivity contribution in [2.24, 2.45) is 5.92 Å². The van der Waals surface area contributed by atoms with Gasteiger partial charge in [0.05, 0.1) is 5.75 Å². The van der Waals surface area contributed by atoms with Crippen LogP contribution in [-0.4, -0.2) is 31.7 Å². The van der Waals surface area contributed by atoms with Gasteiger partial charge in [0.25, 0.3) is 0 Å². The predicted molar refractivity (Wildman–Crippen MR) is 113 cm³/mol. The summed E-state index contributed by atoms with van der Waals surface area (Å²) in [6.07, 6.45) is 0.901. The van der Waals surface area contributed by atoms with Gasteiger partial charge in [-0.1, -0.05) is 35.9 Å². The quantitative estimate of drug-likeness (QED) is 0.800. The summed E-state index contributed by atoms with van der Waals surface area (Å²) in [6, 6.07) is 9.96. The number of sulfonamides is 1. The van der Waals surface area contributed by atoms with Crippen LogP contribution in [-0.2, 0) is 20.6 Å². The Morgan fingerprint density at radius 3 is 2.28 bits per heavy atom. The van der Waals surface area contributed by atoms with E-state index in [2.05, 4.69) is 5.32 Å². The SMILES string of the molecule is Cc1cc(C)c(NC(=O)C2CCN(S(=O)(=O)Cc3ccccc3F)CC2)c(C)c1. The number of carbonyl (C=O) groups is 1. The van der Waals surface area contributed by atoms with Gasteiger partial charge >= 0.3 is 0 Å². The largest absolute Gasteiger partial charge is 0.325 e. The molecule has 2 aromatic rings. The Morgan fingerprint density at radius 1 is 1.10 bits per heavy atom. The molecule has 2 aromatic carbocycles. The van der Waals surface area contributed by atoms with Crippen molar-refractivity contribution in [3.63, 3.8) is 0 Å². The molecule has 1 aliphatic heterocycles. The Morgan fingerprint density at radius 2 is 1.69 bits per heavy atom. The highest BCUT2D eigenvalue weighted by molar-refractivity contribution is 7.88. The molecule has 0 bridgehead atoms. The lowest BCUT2D eigenvalue weighted by Crippen LogP contribution is -2.42. The number of nitrogens with zero attached hydrogens (tertiary/aromatic N) is 1. The zero-order valence-corrected chi connectivity index (χ0v) is 17.9. The lowest BCUT2D eigenvalue weighted by Gasteiger charge is -2.31. The second kappa shape index (κ2) is 8.63. The number of hydrogen-bond acceptors (Lipinski definition) is 3. The first-order valence-electron chi connectivity index (χ1n) is 9.77. The van der Waals surface area contributed by atoms with E-state index in [1.54, 1.807) is 6.07 Å². The Hall–Kier alpha value is -2.25. The highest BCUT2D eigenvalue weighted by Crippen LogP contribution is 2.26. The van der Waals surface area contributed by atoms with E-state index < -0.39 is 15.8 Å². The summed E-state index contributed by atoms with van der Waals surface area (Å²) in [7, 11) is -3.62. The Labute approximate surface area is 172 Å². The smallest absolute Gasteiger partial charge is 0.227 e. The average molecular weight is 419 g/mol. The third-order valence-electron chi connectivity index (χ3n) is 5.44. The van der Waals surface area contributed by atoms with Gasteiger partial charge in [0.1, 0.15) is 5.82 Å². The summed E-state index contributed by atoms with van der Waals surface area (Å²) < 4.78 is 40.5. The molecule has 0 saturated carbocycles. The molecule has 0 aliphatic carbocycles. The van der Waals surface area contributed by atoms with E-state index in [9.17, 15) is 17.6 Å². The summed E-state index contributed by atoms with van der Waals surface area (Å²) in [5.41, 5.74) is 4.17. The molecule has 3 rings (SSSR count). The lowest BCUT2D eigenvalue weighted by atomic mass is 9.96. The highest BCUT2D eigenvalue weighted by Gasteiger charge is 2.31. The van der Waals surface area contributed by atoms with Gasteiger partial charge < -0.3 is 5.32 Å². The molecule has 29 heavy (non-hydrogen) atoms. The van der Waals surface area contributed by atoms with Gasteiger partial charge in [-0.2, -0.15) is 0 Å². The fourth-order valence-electron chi connectivity index (χ4n) is 3.90. The van der Waals surface area contributed by atoms with Crippen LogP contribution in [0.5, 0.6) is 0 Å². The number of carbonyl (C=O) groups excluding carboxylic acids is 1. The van der Waals surface area contributed by atoms with Crippen molar-refractivity contribution in [3.8, 4) is 0 Å². The molecule has 0 aromatic heterocycles. The Bertz CT molecular complexity index is 989. The summed E-state index contributed by atoms with van der Waals surface area (Å²) in [5.74, 6) is -1.20. The molecule has 1 heterocycles. The monoisotopic (exact) mass is 418 g/mol. The van der Waals surface area contributed by atoms with Crippen molar-refractivity contribution in [1.29, 1.82) is 0 Å². The van der Waals surface area contributed by atoms with E-state index in [1.165, 1.54) is 22.5 Å². The van der Waals surface area contributed by atoms with Crippen LogP contribution < -0.4 is 5.32 Å². The van der Waals surface area contributed by atoms with E-state index in [-0.39, 0.29) is 36.2 Å². The van der Waals surface area contributed by atoms with E-state index in [0.717, 1.165) is 22.4 Å². The molecule has 7 heteroatoms. The van der Waals surface area contributed by atoms with Gasteiger partial charge in [-0.05, 0) is 50.8 Å². The van der Waals surface area contributed by atoms with Gasteiger partial charge in [-0.25, -0.2) is 17.1 Å². The molecule has 1 N–H and O–H groups in total. The van der Waals surface area contributed by atoms with Crippen LogP contribution in [0.1, 0.15) is 35.1 Å². The number of halogens is 1. The standard InChI is InChI=1S/C22H27FN2O3S/c1-15-12-16(2)21(17(3)13-15)24-22(26)18-8-10-25(11-9-18)29(27,28)14-19-6-4-5-7-20(19)23/h4-7,12-13,18H,8-11,14H2,1-3H3,(H,24,26). The summed E-state index contributed by atoms with van der Waals surface area (Å²) >= 11 is 0. The maximum Gasteiger partial charge on any atom is 0.227 e. The van der Waals surface area contributed by atoms with E-state index in [0.29, 0.717) is 12.8 Å². The van der Waals surface area contributed by atoms with Crippen LogP contribution in [0.15, 0.2) is 36.4 Å². The minimum absolute atomic E-state index is 0.0776. The third kappa shape index (κ3) is 5.03. The normalized spacial score (nSPS) is 16.0. The minimum Gasteiger partial charge on any atom is -0.325 e. The molecule has 0 spiro atoms. The zero-order chi connectivity index (χ0) is 21.2.